The van der Waals surface area contributed by atoms with Crippen molar-refractivity contribution in [2.24, 2.45) is 11.3 Å². The average Bonchev–Trinajstić information content (AvgIpc) is 3.67. The smallest absolute Gasteiger partial charge is 0.0609 e. The van der Waals surface area contributed by atoms with Gasteiger partial charge >= 0.3 is 0 Å². The van der Waals surface area contributed by atoms with Crippen LogP contribution in [0.25, 0.3) is 33.4 Å². The van der Waals surface area contributed by atoms with E-state index in [1.807, 2.05) is 6.08 Å². The third-order valence-corrected chi connectivity index (χ3v) is 12.4. The molecule has 3 aliphatic carbocycles. The normalized spacial score (nSPS) is 20.8. The molecule has 0 amide bonds. The molecule has 286 valence electrons. The second kappa shape index (κ2) is 14.3. The Morgan fingerprint density at radius 1 is 0.586 bits per heavy atom. The van der Waals surface area contributed by atoms with Crippen LogP contribution in [0.2, 0.25) is 0 Å². The molecule has 0 fully saturated rings. The molecule has 1 nitrogen and oxygen atoms in total. The number of allylic oxidation sites excluding steroid dienone is 7. The standard InChI is InChI=1S/C57H53N/c1-8-18-46-48-36-31-43(56(5,6)7)37-51(48)57(52(46)38-55(2,3)4)50-25-16-15-23-47(50)49-24-17-26-53(54(49)57)58(44-32-27-41(28-33-44)39-19-11-9-12-20-39)45-34-29-42(30-35-45)40-21-13-10-14-22-40/h8-38,53-54H,1H2,2-7H3/b46-18?,52-38+. The SMILES string of the molecule is C=CC=C1/C(=C\C(C)(C)C)C2(c3cc(C(C)(C)C)ccc31)c1ccccc1C1=CC=CC(N(c3ccc(-c4ccccc4)cc3)c3ccc(-c4ccccc4)cc3)C12. The number of hydrogen-bond donors (Lipinski definition) is 0. The Labute approximate surface area is 346 Å². The summed E-state index contributed by atoms with van der Waals surface area (Å²) in [5.41, 5.74) is 17.4. The first-order valence-electron chi connectivity index (χ1n) is 20.8. The van der Waals surface area contributed by atoms with Crippen molar-refractivity contribution in [2.45, 2.75) is 58.4 Å². The largest absolute Gasteiger partial charge is 0.334 e. The highest BCUT2D eigenvalue weighted by Crippen LogP contribution is 2.67. The van der Waals surface area contributed by atoms with E-state index < -0.39 is 5.41 Å². The van der Waals surface area contributed by atoms with Crippen LogP contribution in [0.3, 0.4) is 0 Å². The predicted molar refractivity (Wildman–Crippen MR) is 248 cm³/mol. The summed E-state index contributed by atoms with van der Waals surface area (Å²) in [7, 11) is 0. The summed E-state index contributed by atoms with van der Waals surface area (Å²) in [6.07, 6.45) is 14.0. The molecule has 0 saturated carbocycles. The molecular weight excluding hydrogens is 699 g/mol. The maximum Gasteiger partial charge on any atom is 0.0609 e. The molecule has 0 bridgehead atoms. The molecule has 0 heterocycles. The number of benzene rings is 6. The zero-order chi connectivity index (χ0) is 40.2. The van der Waals surface area contributed by atoms with Gasteiger partial charge in [0.1, 0.15) is 0 Å². The fourth-order valence-electron chi connectivity index (χ4n) is 9.91. The molecule has 6 aromatic rings. The monoisotopic (exact) mass is 751 g/mol. The van der Waals surface area contributed by atoms with E-state index in [0.29, 0.717) is 0 Å². The minimum absolute atomic E-state index is 0.0231. The number of fused-ring (bicyclic) bond motifs is 7. The van der Waals surface area contributed by atoms with Crippen molar-refractivity contribution in [2.75, 3.05) is 4.90 Å². The Hall–Kier alpha value is -6.18. The van der Waals surface area contributed by atoms with Crippen LogP contribution in [0.1, 0.15) is 69.4 Å². The van der Waals surface area contributed by atoms with Gasteiger partial charge in [-0.05, 0) is 102 Å². The lowest BCUT2D eigenvalue weighted by atomic mass is 9.62. The number of hydrogen-bond acceptors (Lipinski definition) is 1. The second-order valence-electron chi connectivity index (χ2n) is 18.3. The van der Waals surface area contributed by atoms with Crippen molar-refractivity contribution < 1.29 is 0 Å². The summed E-state index contributed by atoms with van der Waals surface area (Å²) < 4.78 is 0. The highest BCUT2D eigenvalue weighted by Gasteiger charge is 2.61. The Balaban J connectivity index is 1.32. The molecule has 3 aliphatic rings. The van der Waals surface area contributed by atoms with Crippen molar-refractivity contribution in [3.05, 3.63) is 228 Å². The van der Waals surface area contributed by atoms with Gasteiger partial charge in [-0.25, -0.2) is 0 Å². The van der Waals surface area contributed by atoms with Gasteiger partial charge in [0.25, 0.3) is 0 Å². The summed E-state index contributed by atoms with van der Waals surface area (Å²) >= 11 is 0. The Morgan fingerprint density at radius 3 is 1.69 bits per heavy atom. The summed E-state index contributed by atoms with van der Waals surface area (Å²) in [5.74, 6) is 0.0517. The summed E-state index contributed by atoms with van der Waals surface area (Å²) in [6, 6.07) is 56.4. The van der Waals surface area contributed by atoms with Gasteiger partial charge in [-0.2, -0.15) is 0 Å². The van der Waals surface area contributed by atoms with E-state index in [4.69, 9.17) is 0 Å². The van der Waals surface area contributed by atoms with Crippen LogP contribution in [0.15, 0.2) is 200 Å². The minimum Gasteiger partial charge on any atom is -0.334 e. The summed E-state index contributed by atoms with van der Waals surface area (Å²) in [6.45, 7) is 18.3. The van der Waals surface area contributed by atoms with Crippen molar-refractivity contribution in [3.8, 4) is 22.3 Å². The summed E-state index contributed by atoms with van der Waals surface area (Å²) in [5, 5.41) is 0. The zero-order valence-electron chi connectivity index (χ0n) is 34.7. The maximum atomic E-state index is 4.27. The van der Waals surface area contributed by atoms with Crippen LogP contribution < -0.4 is 4.90 Å². The van der Waals surface area contributed by atoms with Crippen LogP contribution in [0.4, 0.5) is 11.4 Å². The fourth-order valence-corrected chi connectivity index (χ4v) is 9.91. The molecule has 3 atom stereocenters. The summed E-state index contributed by atoms with van der Waals surface area (Å²) in [4.78, 5) is 2.61. The van der Waals surface area contributed by atoms with Crippen molar-refractivity contribution in [3.63, 3.8) is 0 Å². The quantitative estimate of drug-likeness (QED) is 0.164. The van der Waals surface area contributed by atoms with Gasteiger partial charge in [-0.1, -0.05) is 212 Å². The topological polar surface area (TPSA) is 3.24 Å². The maximum absolute atomic E-state index is 4.27. The Bertz CT molecular complexity index is 2540. The highest BCUT2D eigenvalue weighted by molar-refractivity contribution is 5.99. The van der Waals surface area contributed by atoms with Gasteiger partial charge < -0.3 is 4.90 Å². The minimum atomic E-state index is -0.469. The van der Waals surface area contributed by atoms with E-state index in [1.165, 1.54) is 78.2 Å². The third kappa shape index (κ3) is 6.25. The first-order chi connectivity index (χ1) is 28.0. The van der Waals surface area contributed by atoms with E-state index in [-0.39, 0.29) is 22.8 Å². The number of anilines is 2. The predicted octanol–water partition coefficient (Wildman–Crippen LogP) is 14.9. The molecule has 1 spiro atoms. The lowest BCUT2D eigenvalue weighted by Gasteiger charge is -2.46. The molecule has 3 unspecified atom stereocenters. The molecule has 0 radical (unpaired) electrons. The van der Waals surface area contributed by atoms with Crippen molar-refractivity contribution in [1.82, 2.24) is 0 Å². The Morgan fingerprint density at radius 2 is 1.14 bits per heavy atom. The number of nitrogens with zero attached hydrogens (tertiary/aromatic N) is 1. The molecule has 0 saturated heterocycles. The van der Waals surface area contributed by atoms with E-state index in [0.717, 1.165) is 0 Å². The molecular formula is C57H53N. The van der Waals surface area contributed by atoms with Crippen LogP contribution >= 0.6 is 0 Å². The second-order valence-corrected chi connectivity index (χ2v) is 18.3. The van der Waals surface area contributed by atoms with Gasteiger partial charge in [-0.15, -0.1) is 0 Å². The van der Waals surface area contributed by atoms with Gasteiger partial charge in [0.05, 0.1) is 11.5 Å². The van der Waals surface area contributed by atoms with Crippen LogP contribution in [-0.2, 0) is 10.8 Å². The van der Waals surface area contributed by atoms with Crippen LogP contribution in [0.5, 0.6) is 0 Å². The lowest BCUT2D eigenvalue weighted by Crippen LogP contribution is -2.47. The number of rotatable bonds is 6. The molecule has 6 aromatic carbocycles. The van der Waals surface area contributed by atoms with E-state index in [1.54, 1.807) is 0 Å². The molecule has 0 aromatic heterocycles. The van der Waals surface area contributed by atoms with Crippen LogP contribution in [0, 0.1) is 11.3 Å². The van der Waals surface area contributed by atoms with Crippen LogP contribution in [-0.4, -0.2) is 6.04 Å². The van der Waals surface area contributed by atoms with Gasteiger partial charge in [0.2, 0.25) is 0 Å². The zero-order valence-corrected chi connectivity index (χ0v) is 34.7. The molecule has 9 rings (SSSR count). The third-order valence-electron chi connectivity index (χ3n) is 12.4. The van der Waals surface area contributed by atoms with E-state index in [9.17, 15) is 0 Å². The fraction of sp³-hybridized carbons (Fsp3) is 0.193. The first-order valence-corrected chi connectivity index (χ1v) is 20.8. The van der Waals surface area contributed by atoms with Crippen molar-refractivity contribution >= 4 is 22.5 Å². The molecule has 1 heteroatoms. The average molecular weight is 752 g/mol. The van der Waals surface area contributed by atoms with Gasteiger partial charge in [0.15, 0.2) is 0 Å². The lowest BCUT2D eigenvalue weighted by molar-refractivity contribution is 0.434. The van der Waals surface area contributed by atoms with Gasteiger partial charge in [-0.3, -0.25) is 0 Å². The molecule has 0 N–H and O–H groups in total. The molecule has 58 heavy (non-hydrogen) atoms. The van der Waals surface area contributed by atoms with Crippen molar-refractivity contribution in [1.29, 1.82) is 0 Å². The van der Waals surface area contributed by atoms with E-state index >= 15 is 0 Å². The first kappa shape index (κ1) is 37.4. The van der Waals surface area contributed by atoms with E-state index in [2.05, 4.69) is 235 Å². The van der Waals surface area contributed by atoms with Gasteiger partial charge in [0, 0.05) is 17.3 Å². The Kier molecular flexibility index (Phi) is 9.24. The highest BCUT2D eigenvalue weighted by atomic mass is 15.2. The molecule has 0 aliphatic heterocycles.